The maximum absolute atomic E-state index is 9.08. The minimum atomic E-state index is -5.26. The number of aryl methyl sites for hydroxylation is 2. The number of benzene rings is 6. The quantitative estimate of drug-likeness (QED) is 0.127. The molecule has 0 bridgehead atoms. The van der Waals surface area contributed by atoms with E-state index in [1.54, 1.807) is 0 Å². The number of fused-ring (bicyclic) bond motifs is 2. The van der Waals surface area contributed by atoms with Crippen molar-refractivity contribution < 1.29 is 15.6 Å². The average Bonchev–Trinajstić information content (AvgIpc) is 3.79. The van der Waals surface area contributed by atoms with Crippen LogP contribution in [0.25, 0.3) is 45.6 Å². The van der Waals surface area contributed by atoms with E-state index in [-0.39, 0.29) is 7.25 Å². The summed E-state index contributed by atoms with van der Waals surface area (Å²) in [4.78, 5) is 0. The second kappa shape index (κ2) is 15.0. The summed E-state index contributed by atoms with van der Waals surface area (Å²) in [5.41, 5.74) is 20.7. The van der Waals surface area contributed by atoms with Gasteiger partial charge in [-0.25, -0.2) is 0 Å². The maximum atomic E-state index is 9.08. The molecule has 0 fully saturated rings. The Balaban J connectivity index is 1.46. The standard InChI is InChI=1S/2C25H23.C2H7Si.2ClH.Zr/c2*1-17(2)22-11-7-8-12-23(22)25-18(3)13-14-20-15-21(16-24(20)25)19-9-5-4-6-10-19;1-3-2;;;/h2*4-17H,1-3H3;3H,1-2H3;2*1H;/q;;;;;+2/p-2. The molecule has 8 rings (SSSR count). The van der Waals surface area contributed by atoms with E-state index in [1.807, 2.05) is 0 Å². The summed E-state index contributed by atoms with van der Waals surface area (Å²) in [6.07, 6.45) is 4.98. The van der Waals surface area contributed by atoms with Gasteiger partial charge in [-0.15, -0.1) is 0 Å². The van der Waals surface area contributed by atoms with Crippen molar-refractivity contribution in [2.24, 2.45) is 0 Å². The van der Waals surface area contributed by atoms with Crippen LogP contribution in [0.2, 0.25) is 13.1 Å². The van der Waals surface area contributed by atoms with E-state index in [1.165, 1.54) is 89.0 Å². The van der Waals surface area contributed by atoms with Gasteiger partial charge in [0.15, 0.2) is 0 Å². The molecule has 0 saturated heterocycles. The van der Waals surface area contributed by atoms with Gasteiger partial charge in [-0.05, 0) is 0 Å². The average molecular weight is 868 g/mol. The van der Waals surface area contributed by atoms with E-state index < -0.39 is 21.5 Å². The molecule has 0 nitrogen and oxygen atoms in total. The first-order chi connectivity index (χ1) is 26.8. The molecule has 56 heavy (non-hydrogen) atoms. The molecular formula is C52H53Cl2SiZr. The first kappa shape index (κ1) is 39.3. The first-order valence-electron chi connectivity index (χ1n) is 20.4. The van der Waals surface area contributed by atoms with Crippen molar-refractivity contribution in [3.8, 4) is 22.3 Å². The summed E-state index contributed by atoms with van der Waals surface area (Å²) < 4.78 is -0.185. The molecule has 2 atom stereocenters. The summed E-state index contributed by atoms with van der Waals surface area (Å²) in [5, 5.41) is 0. The molecule has 2 aliphatic rings. The third-order valence-electron chi connectivity index (χ3n) is 12.9. The molecule has 2 unspecified atom stereocenters. The second-order valence-electron chi connectivity index (χ2n) is 17.2. The van der Waals surface area contributed by atoms with Crippen molar-refractivity contribution in [1.29, 1.82) is 0 Å². The van der Waals surface area contributed by atoms with Crippen LogP contribution in [0.3, 0.4) is 0 Å². The van der Waals surface area contributed by atoms with E-state index >= 15 is 0 Å². The molecule has 0 radical (unpaired) electrons. The summed E-state index contributed by atoms with van der Waals surface area (Å²) in [6.45, 7) is 18.6. The predicted molar refractivity (Wildman–Crippen MR) is 246 cm³/mol. The summed E-state index contributed by atoms with van der Waals surface area (Å²) in [5.74, 6) is -1.09. The molecule has 0 heterocycles. The molecule has 2 aliphatic carbocycles. The van der Waals surface area contributed by atoms with Gasteiger partial charge in [0, 0.05) is 0 Å². The fraction of sp³-hybridized carbons (Fsp3) is 0.231. The van der Waals surface area contributed by atoms with Crippen molar-refractivity contribution in [3.05, 3.63) is 189 Å². The van der Waals surface area contributed by atoms with Crippen LogP contribution in [0.1, 0.15) is 102 Å². The van der Waals surface area contributed by atoms with E-state index in [4.69, 9.17) is 17.0 Å². The van der Waals surface area contributed by atoms with Gasteiger partial charge >= 0.3 is 347 Å². The molecule has 0 aromatic heterocycles. The zero-order valence-electron chi connectivity index (χ0n) is 34.0. The zero-order chi connectivity index (χ0) is 39.5. The van der Waals surface area contributed by atoms with Gasteiger partial charge in [0.05, 0.1) is 0 Å². The Morgan fingerprint density at radius 1 is 0.482 bits per heavy atom. The molecule has 6 aromatic carbocycles. The monoisotopic (exact) mass is 865 g/mol. The van der Waals surface area contributed by atoms with Crippen LogP contribution in [-0.4, -0.2) is 5.92 Å². The minimum absolute atomic E-state index is 0.0924. The Kier molecular flexibility index (Phi) is 10.5. The third-order valence-corrected chi connectivity index (χ3v) is 64.5. The van der Waals surface area contributed by atoms with Gasteiger partial charge in [0.1, 0.15) is 0 Å². The second-order valence-corrected chi connectivity index (χ2v) is 59.7. The zero-order valence-corrected chi connectivity index (χ0v) is 39.1. The molecule has 0 N–H and O–H groups in total. The molecule has 6 aromatic rings. The van der Waals surface area contributed by atoms with Crippen LogP contribution >= 0.6 is 17.0 Å². The summed E-state index contributed by atoms with van der Waals surface area (Å²) >= 11 is -5.26. The van der Waals surface area contributed by atoms with Crippen LogP contribution in [0.5, 0.6) is 0 Å². The third kappa shape index (κ3) is 6.26. The van der Waals surface area contributed by atoms with Gasteiger partial charge in [-0.2, -0.15) is 0 Å². The number of hydrogen-bond donors (Lipinski definition) is 0. The van der Waals surface area contributed by atoms with Crippen LogP contribution in [0.15, 0.2) is 133 Å². The SMILES string of the molecule is Cc1ccc2c(c1-c1ccccc1C(C)C)C=C(c1ccccc1)[CH]2[Zr]([Cl])([Cl])([CH]1C(c2ccccc2)=Cc2c1ccc(C)c2-c1ccccc1C(C)C)[SiH](C)C. The predicted octanol–water partition coefficient (Wildman–Crippen LogP) is 15.8. The molecule has 0 amide bonds. The molecule has 0 saturated carbocycles. The van der Waals surface area contributed by atoms with Crippen molar-refractivity contribution >= 4 is 46.2 Å². The van der Waals surface area contributed by atoms with E-state index in [0.717, 1.165) is 0 Å². The molecular weight excluding hydrogens is 815 g/mol. The van der Waals surface area contributed by atoms with Crippen LogP contribution in [0, 0.1) is 13.8 Å². The Bertz CT molecular complexity index is 2360. The van der Waals surface area contributed by atoms with Crippen LogP contribution in [0.4, 0.5) is 0 Å². The van der Waals surface area contributed by atoms with Gasteiger partial charge < -0.3 is 0 Å². The van der Waals surface area contributed by atoms with Crippen LogP contribution < -0.4 is 0 Å². The van der Waals surface area contributed by atoms with E-state index in [0.29, 0.717) is 11.8 Å². The molecule has 0 spiro atoms. The molecule has 0 aliphatic heterocycles. The Hall–Kier alpha value is -3.52. The number of hydrogen-bond acceptors (Lipinski definition) is 0. The summed E-state index contributed by atoms with van der Waals surface area (Å²) in [6, 6.07) is 49.4. The first-order valence-corrected chi connectivity index (χ1v) is 36.7. The topological polar surface area (TPSA) is 0 Å². The fourth-order valence-corrected chi connectivity index (χ4v) is 40.2. The normalized spacial score (nSPS) is 17.1. The molecule has 4 heteroatoms. The van der Waals surface area contributed by atoms with Gasteiger partial charge in [0.25, 0.3) is 0 Å². The van der Waals surface area contributed by atoms with Gasteiger partial charge in [-0.3, -0.25) is 0 Å². The molecule has 283 valence electrons. The Morgan fingerprint density at radius 3 is 1.20 bits per heavy atom. The van der Waals surface area contributed by atoms with E-state index in [9.17, 15) is 0 Å². The number of halogens is 2. The van der Waals surface area contributed by atoms with Crippen molar-refractivity contribution in [1.82, 2.24) is 0 Å². The Labute approximate surface area is 344 Å². The van der Waals surface area contributed by atoms with Crippen LogP contribution in [-0.2, 0) is 15.6 Å². The number of rotatable bonds is 9. The van der Waals surface area contributed by atoms with Crippen molar-refractivity contribution in [2.45, 2.75) is 73.7 Å². The van der Waals surface area contributed by atoms with Gasteiger partial charge in [0.2, 0.25) is 0 Å². The van der Waals surface area contributed by atoms with Gasteiger partial charge in [-0.1, -0.05) is 0 Å². The van der Waals surface area contributed by atoms with Crippen molar-refractivity contribution in [2.75, 3.05) is 0 Å². The van der Waals surface area contributed by atoms with E-state index in [2.05, 4.69) is 200 Å². The van der Waals surface area contributed by atoms with Crippen molar-refractivity contribution in [3.63, 3.8) is 0 Å². The summed E-state index contributed by atoms with van der Waals surface area (Å²) in [7, 11) is 18.2. The number of allylic oxidation sites excluding steroid dienone is 2. The Morgan fingerprint density at radius 2 is 0.839 bits per heavy atom. The fourth-order valence-electron chi connectivity index (χ4n) is 10.1.